The average Bonchev–Trinajstić information content (AvgIpc) is 3.23. The Bertz CT molecular complexity index is 1250. The molecule has 1 atom stereocenters. The number of imide groups is 1. The van der Waals surface area contributed by atoms with Gasteiger partial charge in [-0.3, -0.25) is 4.79 Å². The number of anilines is 2. The molecule has 5 amide bonds. The topological polar surface area (TPSA) is 97.5 Å². The molecule has 1 aliphatic carbocycles. The summed E-state index contributed by atoms with van der Waals surface area (Å²) in [5.74, 6) is -0.286. The number of carbonyl (C=O) groups is 3. The molecule has 0 saturated carbocycles. The number of aromatic amines is 1. The summed E-state index contributed by atoms with van der Waals surface area (Å²) in [5.41, 5.74) is 5.85. The van der Waals surface area contributed by atoms with Crippen LogP contribution in [0.4, 0.5) is 21.0 Å². The molecule has 8 heteroatoms. The molecule has 5 rings (SSSR count). The fraction of sp³-hybridized carbons (Fsp3) is 0.292. The van der Waals surface area contributed by atoms with Gasteiger partial charge in [-0.05, 0) is 62.1 Å². The number of carbonyl (C=O) groups excluding carboxylic acids is 3. The van der Waals surface area contributed by atoms with E-state index in [9.17, 15) is 14.4 Å². The Balaban J connectivity index is 1.27. The van der Waals surface area contributed by atoms with Gasteiger partial charge in [0.1, 0.15) is 6.54 Å². The van der Waals surface area contributed by atoms with Gasteiger partial charge in [0.2, 0.25) is 0 Å². The Kier molecular flexibility index (Phi) is 4.84. The number of urea groups is 2. The number of likely N-dealkylation sites (N-methyl/N-ethyl adjacent to an activating group) is 1. The molecule has 3 N–H and O–H groups in total. The van der Waals surface area contributed by atoms with Crippen LogP contribution < -0.4 is 15.5 Å². The number of fused-ring (bicyclic) bond motifs is 3. The second kappa shape index (κ2) is 7.71. The molecular weight excluding hydrogens is 406 g/mol. The summed E-state index contributed by atoms with van der Waals surface area (Å²) in [6.45, 7) is 2.13. The summed E-state index contributed by atoms with van der Waals surface area (Å²) in [7, 11) is 1.58. The minimum absolute atomic E-state index is 0.0283. The smallest absolute Gasteiger partial charge is 0.331 e. The number of rotatable bonds is 3. The lowest BCUT2D eigenvalue weighted by atomic mass is 9.91. The van der Waals surface area contributed by atoms with Crippen LogP contribution >= 0.6 is 0 Å². The van der Waals surface area contributed by atoms with Crippen molar-refractivity contribution in [2.75, 3.05) is 23.8 Å². The van der Waals surface area contributed by atoms with Gasteiger partial charge < -0.3 is 20.5 Å². The van der Waals surface area contributed by atoms with Crippen molar-refractivity contribution in [2.45, 2.75) is 32.2 Å². The first kappa shape index (κ1) is 20.1. The summed E-state index contributed by atoms with van der Waals surface area (Å²) in [4.78, 5) is 43.1. The molecule has 0 spiro atoms. The summed E-state index contributed by atoms with van der Waals surface area (Å²) >= 11 is 0. The Morgan fingerprint density at radius 1 is 1.16 bits per heavy atom. The Labute approximate surface area is 185 Å². The molecule has 32 heavy (non-hydrogen) atoms. The van der Waals surface area contributed by atoms with Crippen LogP contribution in [0.5, 0.6) is 0 Å². The lowest BCUT2D eigenvalue weighted by Crippen LogP contribution is -2.41. The average molecular weight is 431 g/mol. The molecule has 2 aromatic carbocycles. The Hall–Kier alpha value is -3.81. The summed E-state index contributed by atoms with van der Waals surface area (Å²) in [6.07, 6.45) is 2.51. The first-order valence-electron chi connectivity index (χ1n) is 10.7. The maximum Gasteiger partial charge on any atom is 0.331 e. The SMILES string of the molecule is Cc1ccc2[nH]c3c(c2c1)CC(NC(=O)Nc1cccc(N2C(=O)CN(C)C2=O)c1)CC3. The van der Waals surface area contributed by atoms with Gasteiger partial charge in [0.05, 0.1) is 5.69 Å². The molecule has 1 saturated heterocycles. The lowest BCUT2D eigenvalue weighted by molar-refractivity contribution is -0.116. The molecule has 1 aromatic heterocycles. The van der Waals surface area contributed by atoms with Crippen LogP contribution in [0.25, 0.3) is 10.9 Å². The summed E-state index contributed by atoms with van der Waals surface area (Å²) < 4.78 is 0. The second-order valence-electron chi connectivity index (χ2n) is 8.59. The van der Waals surface area contributed by atoms with Crippen molar-refractivity contribution in [3.05, 3.63) is 59.3 Å². The lowest BCUT2D eigenvalue weighted by Gasteiger charge is -2.24. The maximum atomic E-state index is 12.7. The van der Waals surface area contributed by atoms with Gasteiger partial charge in [-0.15, -0.1) is 0 Å². The number of hydrogen-bond acceptors (Lipinski definition) is 3. The third-order valence-electron chi connectivity index (χ3n) is 6.18. The monoisotopic (exact) mass is 431 g/mol. The van der Waals surface area contributed by atoms with Crippen LogP contribution in [-0.2, 0) is 17.6 Å². The molecule has 8 nitrogen and oxygen atoms in total. The number of nitrogens with zero attached hydrogens (tertiary/aromatic N) is 2. The van der Waals surface area contributed by atoms with Crippen molar-refractivity contribution >= 4 is 40.2 Å². The normalized spacial score (nSPS) is 18.2. The highest BCUT2D eigenvalue weighted by atomic mass is 16.2. The Morgan fingerprint density at radius 2 is 2.00 bits per heavy atom. The minimum atomic E-state index is -0.372. The fourth-order valence-corrected chi connectivity index (χ4v) is 4.60. The highest BCUT2D eigenvalue weighted by Crippen LogP contribution is 2.30. The number of hydrogen-bond donors (Lipinski definition) is 3. The van der Waals surface area contributed by atoms with E-state index in [4.69, 9.17) is 0 Å². The minimum Gasteiger partial charge on any atom is -0.358 e. The molecule has 1 aliphatic heterocycles. The van der Waals surface area contributed by atoms with Gasteiger partial charge in [-0.2, -0.15) is 0 Å². The number of H-pyrrole nitrogens is 1. The summed E-state index contributed by atoms with van der Waals surface area (Å²) in [6, 6.07) is 12.5. The van der Waals surface area contributed by atoms with Crippen LogP contribution in [0.2, 0.25) is 0 Å². The van der Waals surface area contributed by atoms with Crippen LogP contribution in [0.1, 0.15) is 23.2 Å². The van der Waals surface area contributed by atoms with Crippen molar-refractivity contribution in [3.8, 4) is 0 Å². The van der Waals surface area contributed by atoms with Crippen LogP contribution in [-0.4, -0.2) is 47.5 Å². The van der Waals surface area contributed by atoms with Crippen molar-refractivity contribution < 1.29 is 14.4 Å². The number of nitrogens with one attached hydrogen (secondary N) is 3. The quantitative estimate of drug-likeness (QED) is 0.553. The highest BCUT2D eigenvalue weighted by Gasteiger charge is 2.34. The third kappa shape index (κ3) is 3.57. The second-order valence-corrected chi connectivity index (χ2v) is 8.59. The predicted octanol–water partition coefficient (Wildman–Crippen LogP) is 3.55. The zero-order valence-electron chi connectivity index (χ0n) is 18.1. The zero-order valence-corrected chi connectivity index (χ0v) is 18.1. The highest BCUT2D eigenvalue weighted by molar-refractivity contribution is 6.19. The van der Waals surface area contributed by atoms with Gasteiger partial charge in [0, 0.05) is 35.4 Å². The van der Waals surface area contributed by atoms with E-state index in [1.54, 1.807) is 31.3 Å². The van der Waals surface area contributed by atoms with E-state index in [1.165, 1.54) is 27.1 Å². The van der Waals surface area contributed by atoms with E-state index in [0.29, 0.717) is 11.4 Å². The molecule has 0 bridgehead atoms. The van der Waals surface area contributed by atoms with Gasteiger partial charge in [0.25, 0.3) is 5.91 Å². The maximum absolute atomic E-state index is 12.7. The molecule has 3 aromatic rings. The van der Waals surface area contributed by atoms with Crippen molar-refractivity contribution in [1.82, 2.24) is 15.2 Å². The Morgan fingerprint density at radius 3 is 2.78 bits per heavy atom. The third-order valence-corrected chi connectivity index (χ3v) is 6.18. The first-order valence-corrected chi connectivity index (χ1v) is 10.7. The molecule has 2 aliphatic rings. The van der Waals surface area contributed by atoms with Gasteiger partial charge in [-0.1, -0.05) is 17.7 Å². The van der Waals surface area contributed by atoms with Gasteiger partial charge in [0.15, 0.2) is 0 Å². The van der Waals surface area contributed by atoms with E-state index in [0.717, 1.165) is 29.7 Å². The number of amides is 5. The molecule has 0 radical (unpaired) electrons. The molecular formula is C24H25N5O3. The van der Waals surface area contributed by atoms with Crippen LogP contribution in [0.15, 0.2) is 42.5 Å². The first-order chi connectivity index (χ1) is 15.4. The summed E-state index contributed by atoms with van der Waals surface area (Å²) in [5, 5.41) is 7.14. The van der Waals surface area contributed by atoms with E-state index in [-0.39, 0.29) is 30.6 Å². The van der Waals surface area contributed by atoms with Crippen LogP contribution in [0.3, 0.4) is 0 Å². The number of aromatic nitrogens is 1. The van der Waals surface area contributed by atoms with Crippen LogP contribution in [0, 0.1) is 6.92 Å². The predicted molar refractivity (Wildman–Crippen MR) is 123 cm³/mol. The van der Waals surface area contributed by atoms with E-state index >= 15 is 0 Å². The number of aryl methyl sites for hydroxylation is 2. The largest absolute Gasteiger partial charge is 0.358 e. The number of benzene rings is 2. The molecule has 164 valence electrons. The van der Waals surface area contributed by atoms with E-state index in [2.05, 4.69) is 40.7 Å². The van der Waals surface area contributed by atoms with Gasteiger partial charge >= 0.3 is 12.1 Å². The van der Waals surface area contributed by atoms with E-state index in [1.807, 2.05) is 0 Å². The van der Waals surface area contributed by atoms with Crippen molar-refractivity contribution in [2.24, 2.45) is 0 Å². The molecule has 1 fully saturated rings. The standard InChI is InChI=1S/C24H25N5O3/c1-14-6-8-20-18(10-14)19-12-16(7-9-21(19)27-20)26-23(31)25-15-4-3-5-17(11-15)29-22(30)13-28(2)24(29)32/h3-6,8,10-11,16,27H,7,9,12-13H2,1-2H3,(H2,25,26,31). The van der Waals surface area contributed by atoms with Crippen molar-refractivity contribution in [1.29, 1.82) is 0 Å². The van der Waals surface area contributed by atoms with Gasteiger partial charge in [-0.25, -0.2) is 14.5 Å². The molecule has 2 heterocycles. The zero-order chi connectivity index (χ0) is 22.4. The van der Waals surface area contributed by atoms with Crippen molar-refractivity contribution in [3.63, 3.8) is 0 Å². The van der Waals surface area contributed by atoms with E-state index < -0.39 is 0 Å². The molecule has 1 unspecified atom stereocenters. The fourth-order valence-electron chi connectivity index (χ4n) is 4.60.